The van der Waals surface area contributed by atoms with Gasteiger partial charge in [0.15, 0.2) is 6.29 Å². The van der Waals surface area contributed by atoms with Crippen LogP contribution in [0, 0.1) is 6.92 Å². The van der Waals surface area contributed by atoms with Crippen LogP contribution in [0.25, 0.3) is 11.1 Å². The lowest BCUT2D eigenvalue weighted by molar-refractivity contribution is 0.112. The maximum Gasteiger partial charge on any atom is 0.150 e. The van der Waals surface area contributed by atoms with Gasteiger partial charge in [0.25, 0.3) is 0 Å². The summed E-state index contributed by atoms with van der Waals surface area (Å²) in [5, 5.41) is 0. The topological polar surface area (TPSA) is 48.6 Å². The molecule has 0 fully saturated rings. The van der Waals surface area contributed by atoms with Crippen molar-refractivity contribution in [2.45, 2.75) is 6.92 Å². The van der Waals surface area contributed by atoms with Gasteiger partial charge >= 0.3 is 0 Å². The second kappa shape index (κ2) is 11.3. The van der Waals surface area contributed by atoms with Gasteiger partial charge in [-0.05, 0) is 18.1 Å². The summed E-state index contributed by atoms with van der Waals surface area (Å²) in [7, 11) is 0. The van der Waals surface area contributed by atoms with Gasteiger partial charge in [0.05, 0.1) is 0 Å². The molecule has 2 N–H and O–H groups in total. The molecule has 3 aromatic rings. The highest BCUT2D eigenvalue weighted by molar-refractivity contribution is 6.92. The molecule has 1 unspecified atom stereocenters. The van der Waals surface area contributed by atoms with E-state index in [-0.39, 0.29) is 15.4 Å². The minimum Gasteiger partial charge on any atom is -0.412 e. The van der Waals surface area contributed by atoms with Gasteiger partial charge in [-0.15, -0.1) is 0 Å². The maximum atomic E-state index is 10.8. The molecule has 3 aromatic carbocycles. The number of carbonyl (C=O) groups excluding carboxylic acids is 1. The molecule has 0 aromatic heterocycles. The van der Waals surface area contributed by atoms with Crippen LogP contribution in [0.1, 0.15) is 15.9 Å². The highest BCUT2D eigenvalue weighted by Gasteiger charge is 2.01. The highest BCUT2D eigenvalue weighted by Crippen LogP contribution is 2.21. The number of hydrogen-bond donors (Lipinski definition) is 0. The molecule has 120 valence electrons. The number of aryl methyl sites for hydroxylation is 1. The summed E-state index contributed by atoms with van der Waals surface area (Å²) in [6.07, 6.45) is 0.891. The van der Waals surface area contributed by atoms with Crippen molar-refractivity contribution < 1.29 is 10.3 Å². The molecule has 0 bridgehead atoms. The van der Waals surface area contributed by atoms with Crippen LogP contribution in [0.15, 0.2) is 84.9 Å². The van der Waals surface area contributed by atoms with Crippen LogP contribution >= 0.6 is 9.90 Å². The molecule has 0 aliphatic rings. The molecule has 0 saturated carbocycles. The molecule has 0 amide bonds. The fraction of sp³-hybridized carbons (Fsp3) is 0.0500. The molecule has 0 saturated heterocycles. The first-order valence-electron chi connectivity index (χ1n) is 6.92. The Kier molecular flexibility index (Phi) is 10.2. The van der Waals surface area contributed by atoms with E-state index < -0.39 is 0 Å². The summed E-state index contributed by atoms with van der Waals surface area (Å²) >= 11 is 0. The van der Waals surface area contributed by atoms with E-state index in [1.165, 1.54) is 5.56 Å². The first-order valence-corrected chi connectivity index (χ1v) is 6.92. The first-order chi connectivity index (χ1) is 10.3. The standard InChI is InChI=1S/C13H10O.C7H8.H2O.H3P/c14-10-12-8-4-5-9-13(12)11-6-2-1-3-7-11;1-7-5-3-2-4-6-7;;/h1-10H;2-6H,1H3;1H2;1H3. The third-order valence-electron chi connectivity index (χ3n) is 3.11. The van der Waals surface area contributed by atoms with Gasteiger partial charge in [-0.2, -0.15) is 9.90 Å². The Morgan fingerprint density at radius 3 is 1.65 bits per heavy atom. The third kappa shape index (κ3) is 6.56. The predicted octanol–water partition coefficient (Wildman–Crippen LogP) is 4.39. The summed E-state index contributed by atoms with van der Waals surface area (Å²) in [5.74, 6) is 0. The summed E-state index contributed by atoms with van der Waals surface area (Å²) in [5.41, 5.74) is 4.12. The van der Waals surface area contributed by atoms with Gasteiger partial charge in [-0.1, -0.05) is 90.5 Å². The van der Waals surface area contributed by atoms with Crippen LogP contribution in [0.3, 0.4) is 0 Å². The van der Waals surface area contributed by atoms with Crippen molar-refractivity contribution in [2.75, 3.05) is 0 Å². The normalized spacial score (nSPS) is 8.57. The van der Waals surface area contributed by atoms with E-state index in [1.54, 1.807) is 0 Å². The number of rotatable bonds is 2. The van der Waals surface area contributed by atoms with E-state index in [9.17, 15) is 4.79 Å². The highest BCUT2D eigenvalue weighted by atomic mass is 31.0. The second-order valence-corrected chi connectivity index (χ2v) is 4.73. The summed E-state index contributed by atoms with van der Waals surface area (Å²) in [6.45, 7) is 2.08. The lowest BCUT2D eigenvalue weighted by Crippen LogP contribution is -1.85. The number of aldehydes is 1. The molecule has 0 spiro atoms. The summed E-state index contributed by atoms with van der Waals surface area (Å²) < 4.78 is 0. The Bertz CT molecular complexity index is 682. The molecule has 0 heterocycles. The molecule has 23 heavy (non-hydrogen) atoms. The first kappa shape index (κ1) is 20.7. The molecule has 3 heteroatoms. The van der Waals surface area contributed by atoms with Crippen molar-refractivity contribution in [3.05, 3.63) is 96.1 Å². The van der Waals surface area contributed by atoms with Crippen LogP contribution in [-0.4, -0.2) is 11.8 Å². The van der Waals surface area contributed by atoms with E-state index in [0.717, 1.165) is 23.0 Å². The van der Waals surface area contributed by atoms with Crippen molar-refractivity contribution >= 4 is 16.2 Å². The number of hydrogen-bond acceptors (Lipinski definition) is 1. The molecule has 0 radical (unpaired) electrons. The molecular formula is C20H23O2P. The van der Waals surface area contributed by atoms with Crippen molar-refractivity contribution in [3.8, 4) is 11.1 Å². The SMILES string of the molecule is Cc1ccccc1.O.O=Cc1ccccc1-c1ccccc1.P. The Morgan fingerprint density at radius 1 is 0.696 bits per heavy atom. The lowest BCUT2D eigenvalue weighted by Gasteiger charge is -2.03. The van der Waals surface area contributed by atoms with E-state index in [4.69, 9.17) is 0 Å². The molecular weight excluding hydrogens is 303 g/mol. The average molecular weight is 326 g/mol. The zero-order valence-electron chi connectivity index (χ0n) is 13.3. The van der Waals surface area contributed by atoms with E-state index in [2.05, 4.69) is 19.1 Å². The minimum absolute atomic E-state index is 0. The number of benzene rings is 3. The zero-order chi connectivity index (χ0) is 14.9. The van der Waals surface area contributed by atoms with Gasteiger partial charge in [0, 0.05) is 5.56 Å². The quantitative estimate of drug-likeness (QED) is 0.509. The van der Waals surface area contributed by atoms with Gasteiger partial charge in [0.2, 0.25) is 0 Å². The van der Waals surface area contributed by atoms with Gasteiger partial charge in [-0.25, -0.2) is 0 Å². The smallest absolute Gasteiger partial charge is 0.150 e. The largest absolute Gasteiger partial charge is 0.412 e. The van der Waals surface area contributed by atoms with Crippen LogP contribution in [0.4, 0.5) is 0 Å². The molecule has 3 rings (SSSR count). The van der Waals surface area contributed by atoms with Crippen LogP contribution in [-0.2, 0) is 0 Å². The second-order valence-electron chi connectivity index (χ2n) is 4.73. The van der Waals surface area contributed by atoms with E-state index in [1.807, 2.05) is 72.8 Å². The van der Waals surface area contributed by atoms with Gasteiger partial charge in [-0.3, -0.25) is 4.79 Å². The summed E-state index contributed by atoms with van der Waals surface area (Å²) in [6, 6.07) is 27.8. The fourth-order valence-corrected chi connectivity index (χ4v) is 2.01. The van der Waals surface area contributed by atoms with Crippen molar-refractivity contribution in [1.82, 2.24) is 0 Å². The van der Waals surface area contributed by atoms with Crippen LogP contribution < -0.4 is 0 Å². The summed E-state index contributed by atoms with van der Waals surface area (Å²) in [4.78, 5) is 10.8. The maximum absolute atomic E-state index is 10.8. The van der Waals surface area contributed by atoms with E-state index in [0.29, 0.717) is 0 Å². The van der Waals surface area contributed by atoms with Crippen molar-refractivity contribution in [1.29, 1.82) is 0 Å². The lowest BCUT2D eigenvalue weighted by atomic mass is 10.0. The van der Waals surface area contributed by atoms with E-state index >= 15 is 0 Å². The third-order valence-corrected chi connectivity index (χ3v) is 3.11. The van der Waals surface area contributed by atoms with Crippen LogP contribution in [0.5, 0.6) is 0 Å². The Labute approximate surface area is 141 Å². The number of carbonyl (C=O) groups is 1. The van der Waals surface area contributed by atoms with Gasteiger partial charge in [0.1, 0.15) is 0 Å². The Balaban J connectivity index is 0.000000463. The zero-order valence-corrected chi connectivity index (χ0v) is 14.7. The van der Waals surface area contributed by atoms with Crippen LogP contribution in [0.2, 0.25) is 0 Å². The predicted molar refractivity (Wildman–Crippen MR) is 103 cm³/mol. The Hall–Kier alpha value is -2.28. The molecule has 0 aliphatic carbocycles. The van der Waals surface area contributed by atoms with Crippen molar-refractivity contribution in [3.63, 3.8) is 0 Å². The molecule has 0 aliphatic heterocycles. The average Bonchev–Trinajstić information content (AvgIpc) is 2.57. The Morgan fingerprint density at radius 2 is 1.17 bits per heavy atom. The van der Waals surface area contributed by atoms with Gasteiger partial charge < -0.3 is 5.48 Å². The minimum atomic E-state index is 0. The molecule has 1 atom stereocenters. The fourth-order valence-electron chi connectivity index (χ4n) is 2.01. The van der Waals surface area contributed by atoms with Crippen molar-refractivity contribution in [2.24, 2.45) is 0 Å². The molecule has 2 nitrogen and oxygen atoms in total. The monoisotopic (exact) mass is 326 g/mol.